The lowest BCUT2D eigenvalue weighted by atomic mass is 9.98. The van der Waals surface area contributed by atoms with E-state index in [0.717, 1.165) is 37.2 Å². The van der Waals surface area contributed by atoms with Gasteiger partial charge in [0.1, 0.15) is 17.5 Å². The number of aromatic nitrogens is 4. The van der Waals surface area contributed by atoms with E-state index in [0.29, 0.717) is 59.4 Å². The van der Waals surface area contributed by atoms with Crippen molar-refractivity contribution in [1.29, 1.82) is 5.26 Å². The average molecular weight is 725 g/mol. The number of pyridine rings is 1. The normalized spacial score (nSPS) is 14.9. The Labute approximate surface area is 299 Å². The second-order valence-electron chi connectivity index (χ2n) is 12.7. The SMILES string of the molecule is COc1cc(Nc2c(C#N)cnc3c(Cl)cc(N[C@@H](c4ccc(Cl)cc4)c4cn(C5CCN(C(C)(C)C)CC5)nn4)cc23)c(Cl)cc1Cl. The highest BCUT2D eigenvalue weighted by molar-refractivity contribution is 6.38. The number of nitrogens with zero attached hydrogens (tertiary/aromatic N) is 6. The zero-order valence-corrected chi connectivity index (χ0v) is 29.9. The maximum atomic E-state index is 10.0. The smallest absolute Gasteiger partial charge is 0.139 e. The summed E-state index contributed by atoms with van der Waals surface area (Å²) in [5.74, 6) is 0.430. The summed E-state index contributed by atoms with van der Waals surface area (Å²) in [5, 5.41) is 28.5. The molecular formula is C35H34Cl4N8O. The number of methoxy groups -OCH3 is 1. The van der Waals surface area contributed by atoms with Crippen LogP contribution in [-0.2, 0) is 0 Å². The minimum Gasteiger partial charge on any atom is -0.495 e. The topological polar surface area (TPSA) is 104 Å². The van der Waals surface area contributed by atoms with Gasteiger partial charge in [-0.15, -0.1) is 5.10 Å². The molecular weight excluding hydrogens is 690 g/mol. The van der Waals surface area contributed by atoms with Crippen LogP contribution < -0.4 is 15.4 Å². The number of fused-ring (bicyclic) bond motifs is 1. The lowest BCUT2D eigenvalue weighted by Gasteiger charge is -2.40. The molecule has 6 rings (SSSR count). The number of hydrogen-bond acceptors (Lipinski definition) is 8. The summed E-state index contributed by atoms with van der Waals surface area (Å²) in [6.07, 6.45) is 5.48. The minimum absolute atomic E-state index is 0.135. The molecule has 0 spiro atoms. The molecule has 48 heavy (non-hydrogen) atoms. The van der Waals surface area contributed by atoms with Crippen LogP contribution in [0.3, 0.4) is 0 Å². The van der Waals surface area contributed by atoms with E-state index in [2.05, 4.69) is 57.7 Å². The van der Waals surface area contributed by atoms with Crippen LogP contribution in [0.2, 0.25) is 20.1 Å². The molecule has 1 aliphatic rings. The number of benzene rings is 3. The molecule has 5 aromatic rings. The number of halogens is 4. The van der Waals surface area contributed by atoms with Crippen LogP contribution in [0.1, 0.15) is 62.5 Å². The summed E-state index contributed by atoms with van der Waals surface area (Å²) in [4.78, 5) is 7.01. The van der Waals surface area contributed by atoms with Crippen molar-refractivity contribution < 1.29 is 4.74 Å². The Bertz CT molecular complexity index is 1990. The number of ether oxygens (including phenoxy) is 1. The Hall–Kier alpha value is -3.78. The molecule has 0 saturated carbocycles. The predicted octanol–water partition coefficient (Wildman–Crippen LogP) is 9.70. The fourth-order valence-corrected chi connectivity index (χ4v) is 6.93. The number of likely N-dealkylation sites (tertiary alicyclic amines) is 1. The van der Waals surface area contributed by atoms with Gasteiger partial charge in [0.25, 0.3) is 0 Å². The Balaban J connectivity index is 1.37. The standard InChI is InChI=1S/C35H34Cl4N8O/c1-35(2,3)46-11-9-24(10-12-46)47-19-30(44-45-47)33(20-5-7-22(36)8-6-20)42-23-13-25-32(21(17-40)18-41-34(25)28(39)14-23)43-29-16-31(48-4)27(38)15-26(29)37/h5-8,13-16,18-19,24,33,42H,9-12H2,1-4H3,(H,41,43)/t33-/m0/s1. The van der Waals surface area contributed by atoms with Gasteiger partial charge < -0.3 is 15.4 Å². The van der Waals surface area contributed by atoms with Gasteiger partial charge in [-0.25, -0.2) is 4.68 Å². The van der Waals surface area contributed by atoms with Crippen molar-refractivity contribution >= 4 is 74.4 Å². The monoisotopic (exact) mass is 722 g/mol. The summed E-state index contributed by atoms with van der Waals surface area (Å²) < 4.78 is 7.38. The molecule has 2 N–H and O–H groups in total. The van der Waals surface area contributed by atoms with Crippen molar-refractivity contribution in [2.24, 2.45) is 0 Å². The molecule has 3 heterocycles. The van der Waals surface area contributed by atoms with Gasteiger partial charge in [-0.1, -0.05) is 63.7 Å². The van der Waals surface area contributed by atoms with E-state index in [9.17, 15) is 5.26 Å². The molecule has 248 valence electrons. The van der Waals surface area contributed by atoms with Gasteiger partial charge in [-0.3, -0.25) is 9.88 Å². The minimum atomic E-state index is -0.391. The van der Waals surface area contributed by atoms with Gasteiger partial charge in [-0.05, 0) is 69.5 Å². The van der Waals surface area contributed by atoms with Crippen LogP contribution >= 0.6 is 46.4 Å². The highest BCUT2D eigenvalue weighted by Crippen LogP contribution is 2.40. The molecule has 1 saturated heterocycles. The van der Waals surface area contributed by atoms with Crippen LogP contribution in [0.25, 0.3) is 10.9 Å². The molecule has 0 unspecified atom stereocenters. The number of rotatable bonds is 8. The highest BCUT2D eigenvalue weighted by Gasteiger charge is 2.29. The van der Waals surface area contributed by atoms with Gasteiger partial charge in [0.15, 0.2) is 0 Å². The van der Waals surface area contributed by atoms with Crippen LogP contribution in [0.5, 0.6) is 5.75 Å². The van der Waals surface area contributed by atoms with Crippen molar-refractivity contribution in [2.45, 2.75) is 51.2 Å². The quantitative estimate of drug-likeness (QED) is 0.163. The third-order valence-electron chi connectivity index (χ3n) is 8.67. The Morgan fingerprint density at radius 2 is 1.71 bits per heavy atom. The fourth-order valence-electron chi connectivity index (χ4n) is 6.03. The van der Waals surface area contributed by atoms with Crippen molar-refractivity contribution in [3.63, 3.8) is 0 Å². The molecule has 0 aliphatic carbocycles. The molecule has 9 nitrogen and oxygen atoms in total. The van der Waals surface area contributed by atoms with Crippen LogP contribution in [0.4, 0.5) is 17.1 Å². The van der Waals surface area contributed by atoms with E-state index >= 15 is 0 Å². The van der Waals surface area contributed by atoms with Crippen molar-refractivity contribution in [1.82, 2.24) is 24.9 Å². The zero-order valence-electron chi connectivity index (χ0n) is 26.9. The third-order valence-corrected chi connectivity index (χ3v) is 9.82. The molecule has 3 aromatic carbocycles. The number of hydrogen-bond donors (Lipinski definition) is 2. The fraction of sp³-hybridized carbons (Fsp3) is 0.314. The lowest BCUT2D eigenvalue weighted by Crippen LogP contribution is -2.46. The highest BCUT2D eigenvalue weighted by atomic mass is 35.5. The Morgan fingerprint density at radius 3 is 2.38 bits per heavy atom. The molecule has 0 radical (unpaired) electrons. The van der Waals surface area contributed by atoms with Crippen LogP contribution in [0.15, 0.2) is 60.9 Å². The number of anilines is 3. The number of piperidine rings is 1. The molecule has 1 atom stereocenters. The van der Waals surface area contributed by atoms with Gasteiger partial charge in [-0.2, -0.15) is 5.26 Å². The first-order valence-corrected chi connectivity index (χ1v) is 17.0. The molecule has 0 amide bonds. The molecule has 0 bridgehead atoms. The first kappa shape index (κ1) is 34.1. The second-order valence-corrected chi connectivity index (χ2v) is 14.4. The Kier molecular flexibility index (Phi) is 9.93. The van der Waals surface area contributed by atoms with Gasteiger partial charge >= 0.3 is 0 Å². The second kappa shape index (κ2) is 14.0. The molecule has 1 aliphatic heterocycles. The van der Waals surface area contributed by atoms with Crippen molar-refractivity contribution in [3.05, 3.63) is 97.8 Å². The summed E-state index contributed by atoms with van der Waals surface area (Å²) in [7, 11) is 1.52. The van der Waals surface area contributed by atoms with E-state index in [1.54, 1.807) is 18.2 Å². The van der Waals surface area contributed by atoms with Gasteiger partial charge in [0.2, 0.25) is 0 Å². The zero-order chi connectivity index (χ0) is 34.2. The largest absolute Gasteiger partial charge is 0.495 e. The van der Waals surface area contributed by atoms with E-state index < -0.39 is 6.04 Å². The third kappa shape index (κ3) is 7.14. The summed E-state index contributed by atoms with van der Waals surface area (Å²) >= 11 is 26.0. The first-order valence-electron chi connectivity index (χ1n) is 15.5. The number of nitrogens with one attached hydrogen (secondary N) is 2. The average Bonchev–Trinajstić information content (AvgIpc) is 3.55. The van der Waals surface area contributed by atoms with E-state index in [4.69, 9.17) is 51.1 Å². The molecule has 2 aromatic heterocycles. The summed E-state index contributed by atoms with van der Waals surface area (Å²) in [5.41, 5.74) is 4.29. The van der Waals surface area contributed by atoms with Crippen LogP contribution in [-0.4, -0.2) is 50.6 Å². The van der Waals surface area contributed by atoms with Crippen molar-refractivity contribution in [2.75, 3.05) is 30.8 Å². The maximum Gasteiger partial charge on any atom is 0.139 e. The predicted molar refractivity (Wildman–Crippen MR) is 194 cm³/mol. The number of nitriles is 1. The van der Waals surface area contributed by atoms with Crippen molar-refractivity contribution in [3.8, 4) is 11.8 Å². The van der Waals surface area contributed by atoms with Gasteiger partial charge in [0, 0.05) is 47.0 Å². The Morgan fingerprint density at radius 1 is 0.979 bits per heavy atom. The maximum absolute atomic E-state index is 10.0. The molecule has 13 heteroatoms. The first-order chi connectivity index (χ1) is 22.9. The van der Waals surface area contributed by atoms with Gasteiger partial charge in [0.05, 0.1) is 62.9 Å². The molecule has 1 fully saturated rings. The van der Waals surface area contributed by atoms with Crippen LogP contribution in [0, 0.1) is 11.3 Å². The summed E-state index contributed by atoms with van der Waals surface area (Å²) in [6.45, 7) is 8.76. The van der Waals surface area contributed by atoms with E-state index in [1.165, 1.54) is 13.3 Å². The summed E-state index contributed by atoms with van der Waals surface area (Å²) in [6, 6.07) is 16.7. The lowest BCUT2D eigenvalue weighted by molar-refractivity contribution is 0.0866. The van der Waals surface area contributed by atoms with E-state index in [-0.39, 0.29) is 11.6 Å². The van der Waals surface area contributed by atoms with E-state index in [1.807, 2.05) is 41.2 Å².